The van der Waals surface area contributed by atoms with Gasteiger partial charge in [-0.1, -0.05) is 11.6 Å². The molecule has 8 heteroatoms. The molecule has 1 aromatic rings. The van der Waals surface area contributed by atoms with Crippen molar-refractivity contribution in [3.63, 3.8) is 0 Å². The van der Waals surface area contributed by atoms with E-state index in [-0.39, 0.29) is 16.3 Å². The summed E-state index contributed by atoms with van der Waals surface area (Å²) in [6.07, 6.45) is 3.24. The highest BCUT2D eigenvalue weighted by molar-refractivity contribution is 6.34. The Kier molecular flexibility index (Phi) is 4.64. The zero-order chi connectivity index (χ0) is 17.4. The molecule has 24 heavy (non-hydrogen) atoms. The number of ether oxygens (including phenoxy) is 1. The zero-order valence-corrected chi connectivity index (χ0v) is 14.5. The van der Waals surface area contributed by atoms with Crippen LogP contribution in [0.5, 0.6) is 0 Å². The van der Waals surface area contributed by atoms with E-state index in [1.165, 1.54) is 25.7 Å². The van der Waals surface area contributed by atoms with Crippen LogP contribution in [0, 0.1) is 10.1 Å². The molecule has 0 aromatic heterocycles. The first-order valence-corrected chi connectivity index (χ1v) is 8.33. The fraction of sp³-hybridized carbons (Fsp3) is 0.562. The number of hydrogen-bond acceptors (Lipinski definition) is 6. The first kappa shape index (κ1) is 17.0. The third kappa shape index (κ3) is 2.93. The minimum atomic E-state index is -0.677. The Morgan fingerprint density at radius 3 is 2.71 bits per heavy atom. The third-order valence-corrected chi connectivity index (χ3v) is 5.47. The van der Waals surface area contributed by atoms with Gasteiger partial charge in [-0.3, -0.25) is 15.0 Å². The van der Waals surface area contributed by atoms with Crippen LogP contribution in [0.2, 0.25) is 5.02 Å². The summed E-state index contributed by atoms with van der Waals surface area (Å²) in [4.78, 5) is 27.2. The predicted molar refractivity (Wildman–Crippen MR) is 90.8 cm³/mol. The largest absolute Gasteiger partial charge is 0.465 e. The Balaban J connectivity index is 1.99. The van der Waals surface area contributed by atoms with Gasteiger partial charge in [0.15, 0.2) is 0 Å². The van der Waals surface area contributed by atoms with Gasteiger partial charge in [0, 0.05) is 31.2 Å². The summed E-state index contributed by atoms with van der Waals surface area (Å²) in [6, 6.07) is 3.65. The average Bonchev–Trinajstić information content (AvgIpc) is 2.79. The maximum atomic E-state index is 11.7. The minimum Gasteiger partial charge on any atom is -0.465 e. The van der Waals surface area contributed by atoms with E-state index in [0.717, 1.165) is 25.9 Å². The fourth-order valence-electron chi connectivity index (χ4n) is 3.74. The molecule has 2 heterocycles. The van der Waals surface area contributed by atoms with Crippen LogP contribution in [0.3, 0.4) is 0 Å². The second kappa shape index (κ2) is 6.57. The van der Waals surface area contributed by atoms with Crippen molar-refractivity contribution >= 4 is 28.9 Å². The number of benzene rings is 1. The monoisotopic (exact) mass is 353 g/mol. The lowest BCUT2D eigenvalue weighted by Gasteiger charge is -2.27. The van der Waals surface area contributed by atoms with Crippen molar-refractivity contribution in [2.45, 2.75) is 31.3 Å². The number of carbonyl (C=O) groups excluding carboxylic acids is 1. The van der Waals surface area contributed by atoms with E-state index in [1.54, 1.807) is 0 Å². The molecule has 2 saturated heterocycles. The van der Waals surface area contributed by atoms with Gasteiger partial charge in [-0.05, 0) is 32.4 Å². The number of methoxy groups -OCH3 is 1. The van der Waals surface area contributed by atoms with Gasteiger partial charge in [0.05, 0.1) is 22.6 Å². The zero-order valence-electron chi connectivity index (χ0n) is 13.7. The third-order valence-electron chi connectivity index (χ3n) is 5.16. The number of nitro benzene ring substituents is 1. The van der Waals surface area contributed by atoms with Gasteiger partial charge < -0.3 is 9.64 Å². The van der Waals surface area contributed by atoms with Gasteiger partial charge in [0.1, 0.15) is 5.69 Å². The molecule has 2 unspecified atom stereocenters. The number of esters is 1. The standard InChI is InChI=1S/C16H20ClN3O4/c1-18-10-3-4-11(18)9-19(6-5-10)14-8-13(17)12(16(21)24-2)7-15(14)20(22)23/h7-8,10-11H,3-6,9H2,1-2H3. The predicted octanol–water partition coefficient (Wildman–Crippen LogP) is 2.71. The highest BCUT2D eigenvalue weighted by Gasteiger charge is 2.36. The average molecular weight is 354 g/mol. The van der Waals surface area contributed by atoms with Crippen molar-refractivity contribution in [2.24, 2.45) is 0 Å². The molecule has 2 aliphatic heterocycles. The van der Waals surface area contributed by atoms with Crippen molar-refractivity contribution in [3.05, 3.63) is 32.8 Å². The van der Waals surface area contributed by atoms with Crippen molar-refractivity contribution in [2.75, 3.05) is 32.1 Å². The van der Waals surface area contributed by atoms with Crippen LogP contribution in [-0.2, 0) is 4.74 Å². The molecule has 130 valence electrons. The molecular weight excluding hydrogens is 334 g/mol. The van der Waals surface area contributed by atoms with E-state index in [0.29, 0.717) is 17.8 Å². The van der Waals surface area contributed by atoms with E-state index in [1.807, 2.05) is 4.90 Å². The van der Waals surface area contributed by atoms with Crippen LogP contribution in [0.15, 0.2) is 12.1 Å². The number of hydrogen-bond donors (Lipinski definition) is 0. The smallest absolute Gasteiger partial charge is 0.339 e. The van der Waals surface area contributed by atoms with Crippen LogP contribution in [0.1, 0.15) is 29.6 Å². The Hall–Kier alpha value is -1.86. The van der Waals surface area contributed by atoms with Gasteiger partial charge in [-0.25, -0.2) is 4.79 Å². The first-order valence-electron chi connectivity index (χ1n) is 7.95. The molecule has 2 aliphatic rings. The van der Waals surface area contributed by atoms with Crippen molar-refractivity contribution < 1.29 is 14.5 Å². The number of carbonyl (C=O) groups is 1. The molecule has 0 amide bonds. The molecule has 3 rings (SSSR count). The summed E-state index contributed by atoms with van der Waals surface area (Å²) < 4.78 is 4.65. The summed E-state index contributed by atoms with van der Waals surface area (Å²) in [5, 5.41) is 11.7. The lowest BCUT2D eigenvalue weighted by atomic mass is 10.1. The van der Waals surface area contributed by atoms with Crippen LogP contribution < -0.4 is 4.90 Å². The number of nitrogens with zero attached hydrogens (tertiary/aromatic N) is 3. The maximum Gasteiger partial charge on any atom is 0.339 e. The molecule has 2 bridgehead atoms. The molecule has 0 saturated carbocycles. The molecule has 0 aliphatic carbocycles. The maximum absolute atomic E-state index is 11.7. The summed E-state index contributed by atoms with van der Waals surface area (Å²) in [7, 11) is 3.34. The second-order valence-electron chi connectivity index (χ2n) is 6.35. The second-order valence-corrected chi connectivity index (χ2v) is 6.76. The van der Waals surface area contributed by atoms with Gasteiger partial charge in [-0.15, -0.1) is 0 Å². The van der Waals surface area contributed by atoms with Gasteiger partial charge in [0.2, 0.25) is 0 Å². The molecule has 7 nitrogen and oxygen atoms in total. The highest BCUT2D eigenvalue weighted by atomic mass is 35.5. The summed E-state index contributed by atoms with van der Waals surface area (Å²) >= 11 is 6.19. The lowest BCUT2D eigenvalue weighted by molar-refractivity contribution is -0.384. The lowest BCUT2D eigenvalue weighted by Crippen LogP contribution is -2.36. The van der Waals surface area contributed by atoms with Crippen LogP contribution >= 0.6 is 11.6 Å². The van der Waals surface area contributed by atoms with Gasteiger partial charge in [-0.2, -0.15) is 0 Å². The number of rotatable bonds is 3. The van der Waals surface area contributed by atoms with Gasteiger partial charge >= 0.3 is 5.97 Å². The topological polar surface area (TPSA) is 75.9 Å². The molecule has 0 radical (unpaired) electrons. The van der Waals surface area contributed by atoms with Crippen LogP contribution in [0.25, 0.3) is 0 Å². The first-order chi connectivity index (χ1) is 11.4. The molecular formula is C16H20ClN3O4. The summed E-state index contributed by atoms with van der Waals surface area (Å²) in [5.74, 6) is -0.677. The Labute approximate surface area is 145 Å². The van der Waals surface area contributed by atoms with Crippen LogP contribution in [-0.4, -0.2) is 55.1 Å². The van der Waals surface area contributed by atoms with Gasteiger partial charge in [0.25, 0.3) is 5.69 Å². The number of nitro groups is 1. The Bertz CT molecular complexity index is 682. The number of halogens is 1. The number of likely N-dealkylation sites (N-methyl/N-ethyl adjacent to an activating group) is 1. The highest BCUT2D eigenvalue weighted by Crippen LogP contribution is 2.37. The molecule has 0 N–H and O–H groups in total. The van der Waals surface area contributed by atoms with E-state index < -0.39 is 10.9 Å². The van der Waals surface area contributed by atoms with E-state index in [4.69, 9.17) is 11.6 Å². The molecule has 2 fully saturated rings. The number of anilines is 1. The quantitative estimate of drug-likeness (QED) is 0.472. The normalized spacial score (nSPS) is 23.9. The number of fused-ring (bicyclic) bond motifs is 2. The Morgan fingerprint density at radius 1 is 1.33 bits per heavy atom. The van der Waals surface area contributed by atoms with Crippen LogP contribution in [0.4, 0.5) is 11.4 Å². The SMILES string of the molecule is COC(=O)c1cc([N+](=O)[O-])c(N2CCC3CCC(C2)N3C)cc1Cl. The summed E-state index contributed by atoms with van der Waals surface area (Å²) in [6.45, 7) is 1.46. The van der Waals surface area contributed by atoms with E-state index in [2.05, 4.69) is 16.7 Å². The molecule has 1 aromatic carbocycles. The van der Waals surface area contributed by atoms with Crippen molar-refractivity contribution in [1.82, 2.24) is 4.90 Å². The van der Waals surface area contributed by atoms with E-state index in [9.17, 15) is 14.9 Å². The summed E-state index contributed by atoms with van der Waals surface area (Å²) in [5.41, 5.74) is 0.377. The fourth-order valence-corrected chi connectivity index (χ4v) is 3.98. The van der Waals surface area contributed by atoms with Crippen molar-refractivity contribution in [1.29, 1.82) is 0 Å². The van der Waals surface area contributed by atoms with E-state index >= 15 is 0 Å². The van der Waals surface area contributed by atoms with Crippen molar-refractivity contribution in [3.8, 4) is 0 Å². The molecule has 2 atom stereocenters. The Morgan fingerprint density at radius 2 is 2.04 bits per heavy atom. The molecule has 0 spiro atoms. The minimum absolute atomic E-state index is 0.0167.